The highest BCUT2D eigenvalue weighted by atomic mass is 79.9. The van der Waals surface area contributed by atoms with Gasteiger partial charge in [0.15, 0.2) is 11.5 Å². The van der Waals surface area contributed by atoms with Gasteiger partial charge in [-0.3, -0.25) is 0 Å². The van der Waals surface area contributed by atoms with Crippen molar-refractivity contribution in [2.24, 2.45) is 0 Å². The van der Waals surface area contributed by atoms with E-state index in [0.29, 0.717) is 38.7 Å². The second-order valence-corrected chi connectivity index (χ2v) is 8.14. The standard InChI is InChI=1S/C21H16BrCl3FNO2/c1-28-20-7-5-16(22)15(10-27-14-4-6-17(23)19(25)9-14)21(20)29-11-12-2-3-13(26)8-18(12)24/h2-9,27H,10-11H2,1H3. The number of rotatable bonds is 7. The molecule has 0 radical (unpaired) electrons. The van der Waals surface area contributed by atoms with Crippen molar-refractivity contribution < 1.29 is 13.9 Å². The summed E-state index contributed by atoms with van der Waals surface area (Å²) in [6.07, 6.45) is 0. The zero-order valence-corrected chi connectivity index (χ0v) is 19.1. The molecule has 29 heavy (non-hydrogen) atoms. The van der Waals surface area contributed by atoms with Gasteiger partial charge in [-0.15, -0.1) is 0 Å². The van der Waals surface area contributed by atoms with Gasteiger partial charge < -0.3 is 14.8 Å². The van der Waals surface area contributed by atoms with Gasteiger partial charge in [0.1, 0.15) is 12.4 Å². The average molecular weight is 520 g/mol. The Kier molecular flexibility index (Phi) is 7.52. The third-order valence-electron chi connectivity index (χ3n) is 4.16. The van der Waals surface area contributed by atoms with E-state index in [1.807, 2.05) is 12.1 Å². The van der Waals surface area contributed by atoms with Crippen molar-refractivity contribution in [1.29, 1.82) is 0 Å². The Balaban J connectivity index is 1.85. The Bertz CT molecular complexity index is 1030. The molecule has 0 aliphatic heterocycles. The molecule has 0 saturated carbocycles. The lowest BCUT2D eigenvalue weighted by molar-refractivity contribution is 0.281. The average Bonchev–Trinajstić information content (AvgIpc) is 2.69. The molecule has 152 valence electrons. The summed E-state index contributed by atoms with van der Waals surface area (Å²) in [5, 5.41) is 4.54. The van der Waals surface area contributed by atoms with Gasteiger partial charge in [-0.1, -0.05) is 56.8 Å². The van der Waals surface area contributed by atoms with Gasteiger partial charge in [0, 0.05) is 27.8 Å². The number of methoxy groups -OCH3 is 1. The molecular weight excluding hydrogens is 503 g/mol. The predicted molar refractivity (Wildman–Crippen MR) is 120 cm³/mol. The summed E-state index contributed by atoms with van der Waals surface area (Å²) in [5.41, 5.74) is 2.31. The van der Waals surface area contributed by atoms with E-state index >= 15 is 0 Å². The Hall–Kier alpha value is -1.66. The summed E-state index contributed by atoms with van der Waals surface area (Å²) < 4.78 is 25.6. The summed E-state index contributed by atoms with van der Waals surface area (Å²) in [4.78, 5) is 0. The van der Waals surface area contributed by atoms with E-state index in [4.69, 9.17) is 44.3 Å². The highest BCUT2D eigenvalue weighted by molar-refractivity contribution is 9.10. The lowest BCUT2D eigenvalue weighted by atomic mass is 10.1. The lowest BCUT2D eigenvalue weighted by Crippen LogP contribution is -2.06. The van der Waals surface area contributed by atoms with E-state index in [-0.39, 0.29) is 6.61 Å². The fourth-order valence-corrected chi connectivity index (χ4v) is 3.62. The Morgan fingerprint density at radius 3 is 2.45 bits per heavy atom. The van der Waals surface area contributed by atoms with E-state index in [0.717, 1.165) is 15.7 Å². The third-order valence-corrected chi connectivity index (χ3v) is 6.00. The zero-order valence-electron chi connectivity index (χ0n) is 15.2. The first kappa shape index (κ1) is 22.0. The van der Waals surface area contributed by atoms with Crippen molar-refractivity contribution in [1.82, 2.24) is 0 Å². The van der Waals surface area contributed by atoms with Crippen molar-refractivity contribution in [3.63, 3.8) is 0 Å². The van der Waals surface area contributed by atoms with Crippen LogP contribution in [0.1, 0.15) is 11.1 Å². The lowest BCUT2D eigenvalue weighted by Gasteiger charge is -2.18. The van der Waals surface area contributed by atoms with Gasteiger partial charge in [-0.25, -0.2) is 4.39 Å². The highest BCUT2D eigenvalue weighted by Crippen LogP contribution is 2.38. The summed E-state index contributed by atoms with van der Waals surface area (Å²) >= 11 is 21.7. The smallest absolute Gasteiger partial charge is 0.167 e. The minimum absolute atomic E-state index is 0.158. The van der Waals surface area contributed by atoms with Crippen molar-refractivity contribution in [2.75, 3.05) is 12.4 Å². The first-order chi connectivity index (χ1) is 13.9. The predicted octanol–water partition coefficient (Wildman–Crippen LogP) is 7.75. The third kappa shape index (κ3) is 5.48. The molecule has 0 unspecified atom stereocenters. The molecule has 0 aliphatic rings. The monoisotopic (exact) mass is 517 g/mol. The molecule has 0 amide bonds. The minimum atomic E-state index is -0.398. The molecule has 8 heteroatoms. The topological polar surface area (TPSA) is 30.5 Å². The van der Waals surface area contributed by atoms with Gasteiger partial charge >= 0.3 is 0 Å². The molecule has 0 saturated heterocycles. The largest absolute Gasteiger partial charge is 0.493 e. The van der Waals surface area contributed by atoms with Crippen LogP contribution in [0.5, 0.6) is 11.5 Å². The Morgan fingerprint density at radius 1 is 0.966 bits per heavy atom. The van der Waals surface area contributed by atoms with Gasteiger partial charge in [0.25, 0.3) is 0 Å². The Morgan fingerprint density at radius 2 is 1.76 bits per heavy atom. The van der Waals surface area contributed by atoms with E-state index in [1.165, 1.54) is 12.1 Å². The van der Waals surface area contributed by atoms with Crippen LogP contribution in [0.2, 0.25) is 15.1 Å². The SMILES string of the molecule is COc1ccc(Br)c(CNc2ccc(Cl)c(Cl)c2)c1OCc1ccc(F)cc1Cl. The molecule has 0 aliphatic carbocycles. The quantitative estimate of drug-likeness (QED) is 0.346. The minimum Gasteiger partial charge on any atom is -0.493 e. The van der Waals surface area contributed by atoms with E-state index < -0.39 is 5.82 Å². The molecule has 3 nitrogen and oxygen atoms in total. The van der Waals surface area contributed by atoms with Crippen molar-refractivity contribution in [3.05, 3.63) is 85.0 Å². The van der Waals surface area contributed by atoms with Crippen LogP contribution in [-0.4, -0.2) is 7.11 Å². The molecule has 3 aromatic carbocycles. The van der Waals surface area contributed by atoms with Gasteiger partial charge in [-0.05, 0) is 42.5 Å². The van der Waals surface area contributed by atoms with E-state index in [9.17, 15) is 4.39 Å². The number of hydrogen-bond acceptors (Lipinski definition) is 3. The molecule has 0 fully saturated rings. The Labute approximate surface area is 191 Å². The number of nitrogens with one attached hydrogen (secondary N) is 1. The van der Waals surface area contributed by atoms with E-state index in [1.54, 1.807) is 31.4 Å². The fraction of sp³-hybridized carbons (Fsp3) is 0.143. The van der Waals surface area contributed by atoms with Crippen LogP contribution >= 0.6 is 50.7 Å². The van der Waals surface area contributed by atoms with Crippen LogP contribution in [-0.2, 0) is 13.2 Å². The zero-order chi connectivity index (χ0) is 21.0. The summed E-state index contributed by atoms with van der Waals surface area (Å²) in [5.74, 6) is 0.720. The van der Waals surface area contributed by atoms with Crippen molar-refractivity contribution in [2.45, 2.75) is 13.2 Å². The van der Waals surface area contributed by atoms with Crippen LogP contribution in [0, 0.1) is 5.82 Å². The molecule has 0 atom stereocenters. The molecule has 0 spiro atoms. The summed E-state index contributed by atoms with van der Waals surface area (Å²) in [6, 6.07) is 13.2. The second-order valence-electron chi connectivity index (χ2n) is 6.06. The van der Waals surface area contributed by atoms with Crippen molar-refractivity contribution in [3.8, 4) is 11.5 Å². The molecule has 3 aromatic rings. The first-order valence-electron chi connectivity index (χ1n) is 8.50. The summed E-state index contributed by atoms with van der Waals surface area (Å²) in [7, 11) is 1.57. The van der Waals surface area contributed by atoms with Crippen LogP contribution < -0.4 is 14.8 Å². The van der Waals surface area contributed by atoms with E-state index in [2.05, 4.69) is 21.2 Å². The van der Waals surface area contributed by atoms with Crippen LogP contribution in [0.4, 0.5) is 10.1 Å². The van der Waals surface area contributed by atoms with Gasteiger partial charge in [0.2, 0.25) is 0 Å². The number of benzene rings is 3. The molecule has 0 bridgehead atoms. The molecule has 3 rings (SSSR count). The maximum Gasteiger partial charge on any atom is 0.167 e. The fourth-order valence-electron chi connectivity index (χ4n) is 2.65. The molecule has 0 aromatic heterocycles. The molecular formula is C21H16BrCl3FNO2. The number of ether oxygens (including phenoxy) is 2. The normalized spacial score (nSPS) is 10.7. The van der Waals surface area contributed by atoms with Gasteiger partial charge in [-0.2, -0.15) is 0 Å². The van der Waals surface area contributed by atoms with Gasteiger partial charge in [0.05, 0.1) is 22.2 Å². The summed E-state index contributed by atoms with van der Waals surface area (Å²) in [6.45, 7) is 0.591. The molecule has 1 N–H and O–H groups in total. The van der Waals surface area contributed by atoms with Crippen LogP contribution in [0.3, 0.4) is 0 Å². The van der Waals surface area contributed by atoms with Crippen LogP contribution in [0.15, 0.2) is 53.0 Å². The second kappa shape index (κ2) is 9.90. The highest BCUT2D eigenvalue weighted by Gasteiger charge is 2.16. The number of halogens is 5. The first-order valence-corrected chi connectivity index (χ1v) is 10.4. The van der Waals surface area contributed by atoms with Crippen LogP contribution in [0.25, 0.3) is 0 Å². The van der Waals surface area contributed by atoms with Crippen molar-refractivity contribution >= 4 is 56.4 Å². The number of anilines is 1. The maximum absolute atomic E-state index is 13.3. The molecule has 0 heterocycles. The maximum atomic E-state index is 13.3. The number of hydrogen-bond donors (Lipinski definition) is 1.